The molecule has 0 bridgehead atoms. The Hall–Kier alpha value is -2.74. The van der Waals surface area contributed by atoms with Gasteiger partial charge in [0.05, 0.1) is 31.4 Å². The SMILES string of the molecule is Cn1cc(-c2nnn(C)n2)c(SSc2c(-c3nnn(C)n3)cnn2C)n1. The highest BCUT2D eigenvalue weighted by molar-refractivity contribution is 8.76. The molecule has 26 heavy (non-hydrogen) atoms. The predicted molar refractivity (Wildman–Crippen MR) is 93.7 cm³/mol. The number of aryl methyl sites for hydroxylation is 4. The van der Waals surface area contributed by atoms with Crippen LogP contribution in [-0.2, 0) is 28.2 Å². The molecule has 0 saturated heterocycles. The van der Waals surface area contributed by atoms with E-state index in [4.69, 9.17) is 0 Å². The number of hydrogen-bond donors (Lipinski definition) is 0. The van der Waals surface area contributed by atoms with Gasteiger partial charge in [-0.3, -0.25) is 9.36 Å². The average molecular weight is 390 g/mol. The Kier molecular flexibility index (Phi) is 4.20. The topological polar surface area (TPSA) is 123 Å². The van der Waals surface area contributed by atoms with Gasteiger partial charge in [-0.15, -0.1) is 20.4 Å². The summed E-state index contributed by atoms with van der Waals surface area (Å²) in [5, 5.41) is 34.9. The van der Waals surface area contributed by atoms with Crippen LogP contribution in [-0.4, -0.2) is 60.0 Å². The average Bonchev–Trinajstić information content (AvgIpc) is 3.35. The fraction of sp³-hybridized carbons (Fsp3) is 0.333. The summed E-state index contributed by atoms with van der Waals surface area (Å²) in [7, 11) is 10.2. The third kappa shape index (κ3) is 3.08. The van der Waals surface area contributed by atoms with Crippen molar-refractivity contribution in [2.24, 2.45) is 28.2 Å². The molecule has 4 rings (SSSR count). The lowest BCUT2D eigenvalue weighted by atomic mass is 10.3. The van der Waals surface area contributed by atoms with Gasteiger partial charge in [-0.2, -0.15) is 19.8 Å². The third-order valence-corrected chi connectivity index (χ3v) is 5.76. The molecule has 0 aliphatic rings. The van der Waals surface area contributed by atoms with Crippen LogP contribution in [0.2, 0.25) is 0 Å². The summed E-state index contributed by atoms with van der Waals surface area (Å²) in [5.41, 5.74) is 1.63. The van der Waals surface area contributed by atoms with Gasteiger partial charge in [0.1, 0.15) is 10.1 Å². The van der Waals surface area contributed by atoms with E-state index in [9.17, 15) is 0 Å². The minimum absolute atomic E-state index is 0.528. The highest BCUT2D eigenvalue weighted by Crippen LogP contribution is 2.43. The van der Waals surface area contributed by atoms with Crippen molar-refractivity contribution in [2.45, 2.75) is 10.1 Å². The molecule has 14 heteroatoms. The van der Waals surface area contributed by atoms with E-state index in [-0.39, 0.29) is 0 Å². The Balaban J connectivity index is 1.62. The fourth-order valence-electron chi connectivity index (χ4n) is 2.22. The summed E-state index contributed by atoms with van der Waals surface area (Å²) in [6.07, 6.45) is 3.59. The van der Waals surface area contributed by atoms with Crippen LogP contribution < -0.4 is 0 Å². The second-order valence-corrected chi connectivity index (χ2v) is 7.49. The molecular formula is C12H14N12S2. The molecule has 0 saturated carbocycles. The minimum atomic E-state index is 0.528. The summed E-state index contributed by atoms with van der Waals surface area (Å²) in [5.74, 6) is 1.06. The zero-order chi connectivity index (χ0) is 18.3. The van der Waals surface area contributed by atoms with Crippen LogP contribution in [0.1, 0.15) is 0 Å². The first kappa shape index (κ1) is 16.7. The van der Waals surface area contributed by atoms with Crippen LogP contribution in [0.25, 0.3) is 22.8 Å². The molecule has 4 aromatic heterocycles. The predicted octanol–water partition coefficient (Wildman–Crippen LogP) is 0.334. The van der Waals surface area contributed by atoms with Crippen LogP contribution in [0.15, 0.2) is 22.4 Å². The van der Waals surface area contributed by atoms with Crippen molar-refractivity contribution in [1.82, 2.24) is 60.0 Å². The second kappa shape index (κ2) is 6.53. The van der Waals surface area contributed by atoms with Gasteiger partial charge < -0.3 is 0 Å². The van der Waals surface area contributed by atoms with Crippen molar-refractivity contribution >= 4 is 21.6 Å². The molecular weight excluding hydrogens is 376 g/mol. The molecule has 4 aromatic rings. The Morgan fingerprint density at radius 1 is 0.808 bits per heavy atom. The van der Waals surface area contributed by atoms with Crippen molar-refractivity contribution in [3.8, 4) is 22.8 Å². The van der Waals surface area contributed by atoms with E-state index >= 15 is 0 Å². The largest absolute Gasteiger partial charge is 0.274 e. The molecule has 0 aliphatic heterocycles. The highest BCUT2D eigenvalue weighted by atomic mass is 33.1. The number of hydrogen-bond acceptors (Lipinski definition) is 10. The first-order valence-corrected chi connectivity index (χ1v) is 9.55. The first-order chi connectivity index (χ1) is 12.5. The number of rotatable bonds is 5. The molecule has 0 atom stereocenters. The van der Waals surface area contributed by atoms with Crippen molar-refractivity contribution in [3.63, 3.8) is 0 Å². The van der Waals surface area contributed by atoms with Gasteiger partial charge in [-0.05, 0) is 32.0 Å². The summed E-state index contributed by atoms with van der Waals surface area (Å²) < 4.78 is 3.50. The van der Waals surface area contributed by atoms with Crippen LogP contribution in [0.5, 0.6) is 0 Å². The lowest BCUT2D eigenvalue weighted by Gasteiger charge is -2.02. The smallest absolute Gasteiger partial charge is 0.209 e. The molecule has 0 aromatic carbocycles. The van der Waals surface area contributed by atoms with Crippen molar-refractivity contribution in [1.29, 1.82) is 0 Å². The molecule has 0 fully saturated rings. The van der Waals surface area contributed by atoms with E-state index in [2.05, 4.69) is 41.0 Å². The Morgan fingerprint density at radius 2 is 1.46 bits per heavy atom. The fourth-order valence-corrected chi connectivity index (χ4v) is 4.60. The third-order valence-electron chi connectivity index (χ3n) is 3.38. The second-order valence-electron chi connectivity index (χ2n) is 5.38. The van der Waals surface area contributed by atoms with Crippen LogP contribution in [0.3, 0.4) is 0 Å². The lowest BCUT2D eigenvalue weighted by molar-refractivity contribution is 0.630. The molecule has 0 unspecified atom stereocenters. The molecule has 0 radical (unpaired) electrons. The van der Waals surface area contributed by atoms with Gasteiger partial charge in [-0.25, -0.2) is 0 Å². The van der Waals surface area contributed by atoms with Crippen LogP contribution in [0, 0.1) is 0 Å². The maximum absolute atomic E-state index is 4.50. The van der Waals surface area contributed by atoms with Gasteiger partial charge in [0, 0.05) is 20.3 Å². The molecule has 4 heterocycles. The van der Waals surface area contributed by atoms with E-state index in [0.717, 1.165) is 21.2 Å². The molecule has 0 spiro atoms. The highest BCUT2D eigenvalue weighted by Gasteiger charge is 2.20. The molecule has 12 nitrogen and oxygen atoms in total. The minimum Gasteiger partial charge on any atom is -0.274 e. The van der Waals surface area contributed by atoms with E-state index < -0.39 is 0 Å². The number of tetrazole rings is 2. The van der Waals surface area contributed by atoms with Crippen molar-refractivity contribution in [2.75, 3.05) is 0 Å². The first-order valence-electron chi connectivity index (χ1n) is 7.40. The Morgan fingerprint density at radius 3 is 2.08 bits per heavy atom. The molecule has 0 N–H and O–H groups in total. The summed E-state index contributed by atoms with van der Waals surface area (Å²) in [6, 6.07) is 0. The monoisotopic (exact) mass is 390 g/mol. The van der Waals surface area contributed by atoms with E-state index in [1.807, 2.05) is 20.3 Å². The van der Waals surface area contributed by atoms with E-state index in [1.165, 1.54) is 31.2 Å². The maximum atomic E-state index is 4.50. The lowest BCUT2D eigenvalue weighted by Crippen LogP contribution is -1.93. The van der Waals surface area contributed by atoms with Crippen LogP contribution in [0.4, 0.5) is 0 Å². The van der Waals surface area contributed by atoms with E-state index in [0.29, 0.717) is 11.6 Å². The summed E-state index contributed by atoms with van der Waals surface area (Å²) in [4.78, 5) is 2.84. The van der Waals surface area contributed by atoms with Gasteiger partial charge in [0.15, 0.2) is 0 Å². The molecule has 0 aliphatic carbocycles. The van der Waals surface area contributed by atoms with Gasteiger partial charge in [0.25, 0.3) is 0 Å². The summed E-state index contributed by atoms with van der Waals surface area (Å²) in [6.45, 7) is 0. The van der Waals surface area contributed by atoms with Crippen molar-refractivity contribution < 1.29 is 0 Å². The Bertz CT molecular complexity index is 1060. The summed E-state index contributed by atoms with van der Waals surface area (Å²) >= 11 is 0. The zero-order valence-electron chi connectivity index (χ0n) is 14.3. The quantitative estimate of drug-likeness (QED) is 0.440. The van der Waals surface area contributed by atoms with Gasteiger partial charge >= 0.3 is 0 Å². The van der Waals surface area contributed by atoms with Gasteiger partial charge in [0.2, 0.25) is 11.6 Å². The van der Waals surface area contributed by atoms with Crippen LogP contribution >= 0.6 is 21.6 Å². The van der Waals surface area contributed by atoms with Crippen molar-refractivity contribution in [3.05, 3.63) is 12.4 Å². The Labute approximate surface area is 155 Å². The maximum Gasteiger partial charge on any atom is 0.209 e. The molecule has 134 valence electrons. The zero-order valence-corrected chi connectivity index (χ0v) is 16.0. The van der Waals surface area contributed by atoms with Gasteiger partial charge in [-0.1, -0.05) is 0 Å². The number of aromatic nitrogens is 12. The standard InChI is InChI=1S/C12H14N12S2/c1-21-6-8(10-15-20-24(4)17-10)11(18-21)25-26-12-7(5-13-22(12)2)9-14-19-23(3)16-9/h5-6H,1-4H3. The normalized spacial score (nSPS) is 11.4. The molecule has 0 amide bonds. The van der Waals surface area contributed by atoms with E-state index in [1.54, 1.807) is 29.7 Å². The number of nitrogens with zero attached hydrogens (tertiary/aromatic N) is 12.